The van der Waals surface area contributed by atoms with Crippen LogP contribution in [-0.2, 0) is 5.54 Å². The van der Waals surface area contributed by atoms with Crippen LogP contribution in [0.25, 0.3) is 0 Å². The third kappa shape index (κ3) is 2.57. The van der Waals surface area contributed by atoms with Crippen molar-refractivity contribution in [2.45, 2.75) is 32.7 Å². The maximum atomic E-state index is 6.14. The Balaban J connectivity index is 2.42. The van der Waals surface area contributed by atoms with Crippen molar-refractivity contribution >= 4 is 17.6 Å². The van der Waals surface area contributed by atoms with Crippen molar-refractivity contribution in [1.82, 2.24) is 4.90 Å². The van der Waals surface area contributed by atoms with Gasteiger partial charge in [0.15, 0.2) is 5.96 Å². The van der Waals surface area contributed by atoms with E-state index in [0.717, 1.165) is 18.0 Å². The normalized spacial score (nSPS) is 23.0. The third-order valence-electron chi connectivity index (χ3n) is 3.79. The molecule has 0 spiro atoms. The Morgan fingerprint density at radius 3 is 2.79 bits per heavy atom. The van der Waals surface area contributed by atoms with Gasteiger partial charge in [0.1, 0.15) is 0 Å². The zero-order valence-electron chi connectivity index (χ0n) is 11.9. The molecule has 0 radical (unpaired) electrons. The van der Waals surface area contributed by atoms with E-state index >= 15 is 0 Å². The minimum atomic E-state index is -0.140. The van der Waals surface area contributed by atoms with Gasteiger partial charge in [-0.3, -0.25) is 4.99 Å². The number of rotatable bonds is 4. The van der Waals surface area contributed by atoms with E-state index in [1.54, 1.807) is 0 Å². The van der Waals surface area contributed by atoms with Gasteiger partial charge in [0, 0.05) is 11.6 Å². The lowest BCUT2D eigenvalue weighted by atomic mass is 9.85. The Bertz CT molecular complexity index is 484. The summed E-state index contributed by atoms with van der Waals surface area (Å²) in [5, 5.41) is 0.764. The average Bonchev–Trinajstić information content (AvgIpc) is 2.67. The molecule has 104 valence electrons. The van der Waals surface area contributed by atoms with E-state index < -0.39 is 0 Å². The van der Waals surface area contributed by atoms with Gasteiger partial charge in [-0.15, -0.1) is 0 Å². The molecule has 1 heterocycles. The number of benzene rings is 1. The topological polar surface area (TPSA) is 41.6 Å². The van der Waals surface area contributed by atoms with Gasteiger partial charge < -0.3 is 10.6 Å². The molecule has 3 nitrogen and oxygen atoms in total. The van der Waals surface area contributed by atoms with E-state index in [1.165, 1.54) is 5.56 Å². The summed E-state index contributed by atoms with van der Waals surface area (Å²) in [5.74, 6) is 1.19. The molecule has 0 saturated heterocycles. The molecule has 2 N–H and O–H groups in total. The molecule has 0 amide bonds. The molecule has 0 fully saturated rings. The summed E-state index contributed by atoms with van der Waals surface area (Å²) >= 11 is 6.14. The molecule has 0 saturated carbocycles. The van der Waals surface area contributed by atoms with Gasteiger partial charge in [-0.1, -0.05) is 44.5 Å². The van der Waals surface area contributed by atoms with Crippen LogP contribution in [0.15, 0.2) is 29.3 Å². The Morgan fingerprint density at radius 2 is 2.21 bits per heavy atom. The van der Waals surface area contributed by atoms with Crippen molar-refractivity contribution < 1.29 is 0 Å². The monoisotopic (exact) mass is 279 g/mol. The lowest BCUT2D eigenvalue weighted by Gasteiger charge is -2.40. The molecule has 1 unspecified atom stereocenters. The minimum Gasteiger partial charge on any atom is -0.370 e. The van der Waals surface area contributed by atoms with Gasteiger partial charge in [-0.2, -0.15) is 0 Å². The zero-order chi connectivity index (χ0) is 14.0. The highest BCUT2D eigenvalue weighted by Gasteiger charge is 2.42. The maximum absolute atomic E-state index is 6.14. The summed E-state index contributed by atoms with van der Waals surface area (Å²) in [6, 6.07) is 8.06. The first-order valence-electron chi connectivity index (χ1n) is 6.83. The van der Waals surface area contributed by atoms with E-state index in [-0.39, 0.29) is 5.54 Å². The van der Waals surface area contributed by atoms with Crippen molar-refractivity contribution in [2.75, 3.05) is 13.1 Å². The number of hydrogen-bond acceptors (Lipinski definition) is 3. The molecule has 19 heavy (non-hydrogen) atoms. The van der Waals surface area contributed by atoms with Crippen molar-refractivity contribution in [3.8, 4) is 0 Å². The van der Waals surface area contributed by atoms with Gasteiger partial charge in [-0.25, -0.2) is 0 Å². The van der Waals surface area contributed by atoms with E-state index in [1.807, 2.05) is 18.2 Å². The van der Waals surface area contributed by atoms with E-state index in [0.29, 0.717) is 18.4 Å². The van der Waals surface area contributed by atoms with E-state index in [2.05, 4.69) is 36.7 Å². The summed E-state index contributed by atoms with van der Waals surface area (Å²) in [7, 11) is 0. The second-order valence-corrected chi connectivity index (χ2v) is 6.01. The Labute approximate surface area is 120 Å². The molecule has 1 aliphatic rings. The summed E-state index contributed by atoms with van der Waals surface area (Å²) in [5.41, 5.74) is 7.16. The number of aliphatic imine (C=N–C) groups is 1. The molecular formula is C15H22ClN3. The van der Waals surface area contributed by atoms with Crippen molar-refractivity contribution in [3.05, 3.63) is 34.9 Å². The number of nitrogens with two attached hydrogens (primary N) is 1. The number of hydrogen-bond donors (Lipinski definition) is 1. The Hall–Kier alpha value is -1.22. The highest BCUT2D eigenvalue weighted by atomic mass is 35.5. The van der Waals surface area contributed by atoms with Crippen LogP contribution in [0.1, 0.15) is 32.8 Å². The first-order chi connectivity index (χ1) is 8.99. The van der Waals surface area contributed by atoms with Crippen LogP contribution in [0, 0.1) is 5.92 Å². The molecule has 1 aromatic carbocycles. The summed E-state index contributed by atoms with van der Waals surface area (Å²) in [4.78, 5) is 6.72. The highest BCUT2D eigenvalue weighted by Crippen LogP contribution is 2.37. The van der Waals surface area contributed by atoms with E-state index in [9.17, 15) is 0 Å². The molecule has 1 aromatic rings. The minimum absolute atomic E-state index is 0.140. The van der Waals surface area contributed by atoms with Crippen LogP contribution in [0.2, 0.25) is 5.02 Å². The number of halogens is 1. The van der Waals surface area contributed by atoms with Crippen molar-refractivity contribution in [2.24, 2.45) is 16.6 Å². The standard InChI is InChI=1S/C15H22ClN3/c1-4-15(12-6-5-7-13(16)8-12)10-18-14(17)19(15)9-11(2)3/h5-8,11H,4,9-10H2,1-3H3,(H2,17,18). The van der Waals surface area contributed by atoms with Crippen molar-refractivity contribution in [3.63, 3.8) is 0 Å². The van der Waals surface area contributed by atoms with Crippen LogP contribution in [0.5, 0.6) is 0 Å². The maximum Gasteiger partial charge on any atom is 0.192 e. The summed E-state index contributed by atoms with van der Waals surface area (Å²) < 4.78 is 0. The SMILES string of the molecule is CCC1(c2cccc(Cl)c2)CN=C(N)N1CC(C)C. The molecule has 4 heteroatoms. The Kier molecular flexibility index (Phi) is 4.04. The largest absolute Gasteiger partial charge is 0.370 e. The number of nitrogens with zero attached hydrogens (tertiary/aromatic N) is 2. The van der Waals surface area contributed by atoms with Gasteiger partial charge in [0.25, 0.3) is 0 Å². The zero-order valence-corrected chi connectivity index (χ0v) is 12.6. The van der Waals surface area contributed by atoms with Crippen LogP contribution >= 0.6 is 11.6 Å². The lowest BCUT2D eigenvalue weighted by molar-refractivity contribution is 0.176. The predicted molar refractivity (Wildman–Crippen MR) is 81.5 cm³/mol. The van der Waals surface area contributed by atoms with Crippen molar-refractivity contribution in [1.29, 1.82) is 0 Å². The van der Waals surface area contributed by atoms with Crippen LogP contribution in [0.3, 0.4) is 0 Å². The molecule has 0 aromatic heterocycles. The smallest absolute Gasteiger partial charge is 0.192 e. The Morgan fingerprint density at radius 1 is 1.47 bits per heavy atom. The van der Waals surface area contributed by atoms with Crippen LogP contribution < -0.4 is 5.73 Å². The fourth-order valence-electron chi connectivity index (χ4n) is 2.77. The molecule has 0 aliphatic carbocycles. The van der Waals surface area contributed by atoms with Gasteiger partial charge in [0.2, 0.25) is 0 Å². The van der Waals surface area contributed by atoms with Crippen LogP contribution in [-0.4, -0.2) is 23.9 Å². The van der Waals surface area contributed by atoms with E-state index in [4.69, 9.17) is 17.3 Å². The average molecular weight is 280 g/mol. The molecule has 1 atom stereocenters. The second kappa shape index (κ2) is 5.41. The summed E-state index contributed by atoms with van der Waals surface area (Å²) in [6.45, 7) is 8.20. The lowest BCUT2D eigenvalue weighted by Crippen LogP contribution is -2.50. The molecule has 2 rings (SSSR count). The first kappa shape index (κ1) is 14.2. The predicted octanol–water partition coefficient (Wildman–Crippen LogP) is 3.23. The molecule has 0 bridgehead atoms. The molecular weight excluding hydrogens is 258 g/mol. The summed E-state index contributed by atoms with van der Waals surface area (Å²) in [6.07, 6.45) is 0.963. The third-order valence-corrected chi connectivity index (χ3v) is 4.03. The number of guanidine groups is 1. The van der Waals surface area contributed by atoms with Gasteiger partial charge in [0.05, 0.1) is 12.1 Å². The van der Waals surface area contributed by atoms with Gasteiger partial charge in [-0.05, 0) is 30.0 Å². The molecule has 1 aliphatic heterocycles. The second-order valence-electron chi connectivity index (χ2n) is 5.57. The first-order valence-corrected chi connectivity index (χ1v) is 7.21. The fourth-order valence-corrected chi connectivity index (χ4v) is 2.96. The van der Waals surface area contributed by atoms with Gasteiger partial charge >= 0.3 is 0 Å². The quantitative estimate of drug-likeness (QED) is 0.919. The van der Waals surface area contributed by atoms with Crippen LogP contribution in [0.4, 0.5) is 0 Å². The highest BCUT2D eigenvalue weighted by molar-refractivity contribution is 6.30. The fraction of sp³-hybridized carbons (Fsp3) is 0.533.